The third kappa shape index (κ3) is 1.91. The first-order valence-corrected chi connectivity index (χ1v) is 3.03. The summed E-state index contributed by atoms with van der Waals surface area (Å²) in [5, 5.41) is 8.47. The highest BCUT2D eigenvalue weighted by Gasteiger charge is 2.32. The largest absolute Gasteiger partial charge is 0.433 e. The number of hydrogen-bond acceptors (Lipinski definition) is 3. The Balaban J connectivity index is 3.02. The topological polar surface area (TPSA) is 46.0 Å². The molecule has 0 unspecified atom stereocenters. The molecule has 0 saturated carbocycles. The van der Waals surface area contributed by atoms with Gasteiger partial charge in [-0.15, -0.1) is 0 Å². The first-order valence-electron chi connectivity index (χ1n) is 3.03. The number of aromatic nitrogens is 2. The second-order valence-electron chi connectivity index (χ2n) is 2.05. The molecule has 1 aromatic rings. The van der Waals surface area contributed by atoms with Crippen LogP contribution in [0.15, 0.2) is 12.4 Å². The minimum atomic E-state index is -4.48. The van der Waals surface area contributed by atoms with Crippen molar-refractivity contribution in [1.82, 2.24) is 9.97 Å². The maximum atomic E-state index is 11.9. The van der Waals surface area contributed by atoms with Gasteiger partial charge in [-0.3, -0.25) is 0 Å². The Hall–Kier alpha value is -1.17. The minimum absolute atomic E-state index is 0.0441. The van der Waals surface area contributed by atoms with Gasteiger partial charge in [-0.25, -0.2) is 9.97 Å². The van der Waals surface area contributed by atoms with Crippen molar-refractivity contribution in [3.63, 3.8) is 0 Å². The first-order chi connectivity index (χ1) is 5.54. The number of aliphatic hydroxyl groups excluding tert-OH is 1. The van der Waals surface area contributed by atoms with Crippen molar-refractivity contribution in [1.29, 1.82) is 0 Å². The van der Waals surface area contributed by atoms with Crippen molar-refractivity contribution in [2.24, 2.45) is 0 Å². The van der Waals surface area contributed by atoms with Crippen LogP contribution in [0.3, 0.4) is 0 Å². The van der Waals surface area contributed by atoms with E-state index in [-0.39, 0.29) is 5.69 Å². The normalized spacial score (nSPS) is 11.7. The van der Waals surface area contributed by atoms with Gasteiger partial charge in [0.2, 0.25) is 0 Å². The number of halogens is 3. The van der Waals surface area contributed by atoms with E-state index in [0.717, 1.165) is 6.33 Å². The maximum Gasteiger partial charge on any atom is 0.433 e. The van der Waals surface area contributed by atoms with Crippen molar-refractivity contribution < 1.29 is 18.3 Å². The molecule has 1 heterocycles. The highest BCUT2D eigenvalue weighted by Crippen LogP contribution is 2.27. The van der Waals surface area contributed by atoms with E-state index < -0.39 is 18.5 Å². The van der Waals surface area contributed by atoms with Gasteiger partial charge in [0.1, 0.15) is 12.0 Å². The molecule has 0 amide bonds. The van der Waals surface area contributed by atoms with Crippen LogP contribution >= 0.6 is 0 Å². The number of alkyl halides is 3. The summed E-state index contributed by atoms with van der Waals surface area (Å²) in [7, 11) is 0. The van der Waals surface area contributed by atoms with Gasteiger partial charge < -0.3 is 5.11 Å². The molecule has 0 bridgehead atoms. The van der Waals surface area contributed by atoms with Crippen molar-refractivity contribution in [2.45, 2.75) is 12.8 Å². The van der Waals surface area contributed by atoms with Gasteiger partial charge in [0.15, 0.2) is 0 Å². The van der Waals surface area contributed by atoms with E-state index in [1.165, 1.54) is 0 Å². The summed E-state index contributed by atoms with van der Waals surface area (Å²) in [6.45, 7) is -0.522. The zero-order chi connectivity index (χ0) is 9.19. The lowest BCUT2D eigenvalue weighted by Crippen LogP contribution is -2.09. The van der Waals surface area contributed by atoms with Gasteiger partial charge in [-0.05, 0) is 6.07 Å². The maximum absolute atomic E-state index is 11.9. The summed E-state index contributed by atoms with van der Waals surface area (Å²) in [4.78, 5) is 6.42. The van der Waals surface area contributed by atoms with E-state index in [1.807, 2.05) is 0 Å². The number of nitrogens with zero attached hydrogens (tertiary/aromatic N) is 2. The molecule has 0 aromatic carbocycles. The molecule has 0 saturated heterocycles. The Morgan fingerprint density at radius 3 is 2.50 bits per heavy atom. The minimum Gasteiger partial charge on any atom is -0.390 e. The smallest absolute Gasteiger partial charge is 0.390 e. The molecule has 0 aliphatic heterocycles. The Bertz CT molecular complexity index is 274. The number of hydrogen-bond donors (Lipinski definition) is 1. The fourth-order valence-corrected chi connectivity index (χ4v) is 0.639. The molecule has 0 atom stereocenters. The van der Waals surface area contributed by atoms with Crippen molar-refractivity contribution in [2.75, 3.05) is 0 Å². The average Bonchev–Trinajstić information content (AvgIpc) is 2.03. The van der Waals surface area contributed by atoms with Gasteiger partial charge in [0, 0.05) is 0 Å². The Morgan fingerprint density at radius 2 is 2.00 bits per heavy atom. The Kier molecular flexibility index (Phi) is 2.27. The molecule has 6 heteroatoms. The molecule has 66 valence electrons. The van der Waals surface area contributed by atoms with E-state index >= 15 is 0 Å². The SMILES string of the molecule is OCc1cc(C(F)(F)F)ncn1. The molecule has 0 radical (unpaired) electrons. The molecule has 1 aromatic heterocycles. The molecular formula is C6H5F3N2O. The Morgan fingerprint density at radius 1 is 1.33 bits per heavy atom. The van der Waals surface area contributed by atoms with Gasteiger partial charge in [0.05, 0.1) is 12.3 Å². The second kappa shape index (κ2) is 3.06. The quantitative estimate of drug-likeness (QED) is 0.697. The van der Waals surface area contributed by atoms with Crippen LogP contribution in [0.1, 0.15) is 11.4 Å². The molecule has 0 fully saturated rings. The van der Waals surface area contributed by atoms with Crippen LogP contribution in [0, 0.1) is 0 Å². The summed E-state index contributed by atoms with van der Waals surface area (Å²) < 4.78 is 35.8. The molecule has 1 N–H and O–H groups in total. The third-order valence-corrected chi connectivity index (χ3v) is 1.18. The summed E-state index contributed by atoms with van der Waals surface area (Å²) in [6, 6.07) is 0.708. The predicted octanol–water partition coefficient (Wildman–Crippen LogP) is 0.988. The fourth-order valence-electron chi connectivity index (χ4n) is 0.639. The number of rotatable bonds is 1. The Labute approximate surface area is 65.9 Å². The highest BCUT2D eigenvalue weighted by molar-refractivity contribution is 5.10. The molecule has 12 heavy (non-hydrogen) atoms. The number of aliphatic hydroxyl groups is 1. The predicted molar refractivity (Wildman–Crippen MR) is 33.0 cm³/mol. The van der Waals surface area contributed by atoms with Gasteiger partial charge in [0.25, 0.3) is 0 Å². The summed E-state index contributed by atoms with van der Waals surface area (Å²) in [6.07, 6.45) is -3.71. The van der Waals surface area contributed by atoms with Crippen molar-refractivity contribution in [3.8, 4) is 0 Å². The van der Waals surface area contributed by atoms with Crippen molar-refractivity contribution in [3.05, 3.63) is 23.8 Å². The van der Waals surface area contributed by atoms with E-state index in [1.54, 1.807) is 0 Å². The van der Waals surface area contributed by atoms with Gasteiger partial charge in [-0.2, -0.15) is 13.2 Å². The zero-order valence-electron chi connectivity index (χ0n) is 5.84. The van der Waals surface area contributed by atoms with E-state index in [0.29, 0.717) is 6.07 Å². The van der Waals surface area contributed by atoms with Gasteiger partial charge >= 0.3 is 6.18 Å². The summed E-state index contributed by atoms with van der Waals surface area (Å²) in [5.74, 6) is 0. The van der Waals surface area contributed by atoms with Crippen molar-refractivity contribution >= 4 is 0 Å². The zero-order valence-corrected chi connectivity index (χ0v) is 5.84. The fraction of sp³-hybridized carbons (Fsp3) is 0.333. The molecule has 0 aliphatic carbocycles. The highest BCUT2D eigenvalue weighted by atomic mass is 19.4. The lowest BCUT2D eigenvalue weighted by Gasteiger charge is -2.04. The third-order valence-electron chi connectivity index (χ3n) is 1.18. The first kappa shape index (κ1) is 8.92. The van der Waals surface area contributed by atoms with Crippen LogP contribution in [0.5, 0.6) is 0 Å². The molecular weight excluding hydrogens is 173 g/mol. The standard InChI is InChI=1S/C6H5F3N2O/c7-6(8,9)5-1-4(2-12)10-3-11-5/h1,3,12H,2H2. The van der Waals surface area contributed by atoms with Crippen LogP contribution in [0.2, 0.25) is 0 Å². The molecule has 1 rings (SSSR count). The summed E-state index contributed by atoms with van der Waals surface area (Å²) in [5.41, 5.74) is -1.08. The van der Waals surface area contributed by atoms with Crippen LogP contribution < -0.4 is 0 Å². The second-order valence-corrected chi connectivity index (χ2v) is 2.05. The van der Waals surface area contributed by atoms with Crippen LogP contribution in [-0.4, -0.2) is 15.1 Å². The average molecular weight is 178 g/mol. The van der Waals surface area contributed by atoms with E-state index in [4.69, 9.17) is 5.11 Å². The van der Waals surface area contributed by atoms with Crippen LogP contribution in [0.4, 0.5) is 13.2 Å². The molecule has 0 aliphatic rings. The molecule has 3 nitrogen and oxygen atoms in total. The summed E-state index contributed by atoms with van der Waals surface area (Å²) >= 11 is 0. The lowest BCUT2D eigenvalue weighted by atomic mass is 10.3. The molecule has 0 spiro atoms. The van der Waals surface area contributed by atoms with E-state index in [2.05, 4.69) is 9.97 Å². The monoisotopic (exact) mass is 178 g/mol. The van der Waals surface area contributed by atoms with Crippen LogP contribution in [0.25, 0.3) is 0 Å². The van der Waals surface area contributed by atoms with Crippen LogP contribution in [-0.2, 0) is 12.8 Å². The van der Waals surface area contributed by atoms with E-state index in [9.17, 15) is 13.2 Å². The van der Waals surface area contributed by atoms with Gasteiger partial charge in [-0.1, -0.05) is 0 Å². The lowest BCUT2D eigenvalue weighted by molar-refractivity contribution is -0.141.